The lowest BCUT2D eigenvalue weighted by molar-refractivity contribution is 0.156. The summed E-state index contributed by atoms with van der Waals surface area (Å²) in [5.74, 6) is 0. The van der Waals surface area contributed by atoms with Crippen LogP contribution in [0.4, 0.5) is 0 Å². The summed E-state index contributed by atoms with van der Waals surface area (Å²) in [7, 11) is 1.66. The maximum atomic E-state index is 8.36. The summed E-state index contributed by atoms with van der Waals surface area (Å²) in [6, 6.07) is 0. The molecule has 1 unspecified atom stereocenters. The SMILES string of the molecule is COC(C)/C=C/CCO. The van der Waals surface area contributed by atoms with E-state index >= 15 is 0 Å². The van der Waals surface area contributed by atoms with E-state index in [2.05, 4.69) is 0 Å². The van der Waals surface area contributed by atoms with Crippen LogP contribution in [0.25, 0.3) is 0 Å². The van der Waals surface area contributed by atoms with Gasteiger partial charge in [0.15, 0.2) is 0 Å². The van der Waals surface area contributed by atoms with Crippen molar-refractivity contribution in [3.05, 3.63) is 12.2 Å². The fourth-order valence-corrected chi connectivity index (χ4v) is 0.441. The molecule has 1 N–H and O–H groups in total. The van der Waals surface area contributed by atoms with Crippen LogP contribution in [-0.2, 0) is 4.74 Å². The van der Waals surface area contributed by atoms with Gasteiger partial charge in [-0.15, -0.1) is 0 Å². The minimum Gasteiger partial charge on any atom is -0.396 e. The van der Waals surface area contributed by atoms with E-state index in [4.69, 9.17) is 9.84 Å². The summed E-state index contributed by atoms with van der Waals surface area (Å²) >= 11 is 0. The monoisotopic (exact) mass is 130 g/mol. The number of aliphatic hydroxyl groups excluding tert-OH is 1. The fraction of sp³-hybridized carbons (Fsp3) is 0.714. The van der Waals surface area contributed by atoms with Crippen LogP contribution in [0.3, 0.4) is 0 Å². The topological polar surface area (TPSA) is 29.5 Å². The normalized spacial score (nSPS) is 14.6. The average Bonchev–Trinajstić information content (AvgIpc) is 1.89. The van der Waals surface area contributed by atoms with Crippen molar-refractivity contribution in [1.82, 2.24) is 0 Å². The molecule has 0 heterocycles. The largest absolute Gasteiger partial charge is 0.396 e. The van der Waals surface area contributed by atoms with Gasteiger partial charge in [0, 0.05) is 13.7 Å². The first kappa shape index (κ1) is 8.66. The highest BCUT2D eigenvalue weighted by molar-refractivity contribution is 4.86. The number of rotatable bonds is 4. The van der Waals surface area contributed by atoms with E-state index in [1.807, 2.05) is 19.1 Å². The zero-order valence-corrected chi connectivity index (χ0v) is 6.00. The summed E-state index contributed by atoms with van der Waals surface area (Å²) in [6.45, 7) is 2.17. The van der Waals surface area contributed by atoms with Gasteiger partial charge in [0.2, 0.25) is 0 Å². The molecule has 1 atom stereocenters. The van der Waals surface area contributed by atoms with Crippen molar-refractivity contribution in [2.24, 2.45) is 0 Å². The van der Waals surface area contributed by atoms with E-state index in [-0.39, 0.29) is 12.7 Å². The number of methoxy groups -OCH3 is 1. The summed E-state index contributed by atoms with van der Waals surface area (Å²) in [5, 5.41) is 8.36. The molecule has 0 rings (SSSR count). The molecule has 0 radical (unpaired) electrons. The Morgan fingerprint density at radius 3 is 2.78 bits per heavy atom. The zero-order chi connectivity index (χ0) is 7.11. The van der Waals surface area contributed by atoms with Crippen molar-refractivity contribution in [2.45, 2.75) is 19.4 Å². The van der Waals surface area contributed by atoms with E-state index < -0.39 is 0 Å². The summed E-state index contributed by atoms with van der Waals surface area (Å²) < 4.78 is 4.93. The number of aliphatic hydroxyl groups is 1. The van der Waals surface area contributed by atoms with Crippen molar-refractivity contribution in [1.29, 1.82) is 0 Å². The highest BCUT2D eigenvalue weighted by Crippen LogP contribution is 1.90. The van der Waals surface area contributed by atoms with Crippen LogP contribution in [0, 0.1) is 0 Å². The third-order valence-corrected chi connectivity index (χ3v) is 1.07. The Hall–Kier alpha value is -0.340. The fourth-order valence-electron chi connectivity index (χ4n) is 0.441. The Labute approximate surface area is 56.1 Å². The highest BCUT2D eigenvalue weighted by atomic mass is 16.5. The molecule has 0 spiro atoms. The molecule has 0 aliphatic rings. The van der Waals surface area contributed by atoms with Crippen LogP contribution in [0.1, 0.15) is 13.3 Å². The van der Waals surface area contributed by atoms with Crippen LogP contribution >= 0.6 is 0 Å². The molecule has 0 fully saturated rings. The predicted octanol–water partition coefficient (Wildman–Crippen LogP) is 0.960. The summed E-state index contributed by atoms with van der Waals surface area (Å²) in [5.41, 5.74) is 0. The van der Waals surface area contributed by atoms with Gasteiger partial charge in [-0.2, -0.15) is 0 Å². The molecule has 0 saturated heterocycles. The first-order chi connectivity index (χ1) is 4.31. The lowest BCUT2D eigenvalue weighted by Crippen LogP contribution is -1.98. The molecule has 0 aromatic heterocycles. The Morgan fingerprint density at radius 1 is 1.67 bits per heavy atom. The Bertz CT molecular complexity index is 79.0. The minimum absolute atomic E-state index is 0.163. The molecule has 2 heteroatoms. The van der Waals surface area contributed by atoms with Crippen molar-refractivity contribution in [3.63, 3.8) is 0 Å². The predicted molar refractivity (Wildman–Crippen MR) is 37.3 cm³/mol. The number of ether oxygens (including phenoxy) is 1. The first-order valence-electron chi connectivity index (χ1n) is 3.11. The lowest BCUT2D eigenvalue weighted by Gasteiger charge is -1.99. The van der Waals surface area contributed by atoms with Crippen molar-refractivity contribution >= 4 is 0 Å². The molecular formula is C7H14O2. The second-order valence-corrected chi connectivity index (χ2v) is 1.88. The molecule has 0 saturated carbocycles. The second-order valence-electron chi connectivity index (χ2n) is 1.88. The van der Waals surface area contributed by atoms with Gasteiger partial charge in [0.1, 0.15) is 0 Å². The van der Waals surface area contributed by atoms with Crippen LogP contribution in [0.5, 0.6) is 0 Å². The van der Waals surface area contributed by atoms with Gasteiger partial charge < -0.3 is 9.84 Å². The van der Waals surface area contributed by atoms with Gasteiger partial charge in [-0.1, -0.05) is 12.2 Å². The van der Waals surface area contributed by atoms with Gasteiger partial charge in [-0.3, -0.25) is 0 Å². The van der Waals surface area contributed by atoms with E-state index in [0.717, 1.165) is 0 Å². The maximum Gasteiger partial charge on any atom is 0.0723 e. The smallest absolute Gasteiger partial charge is 0.0723 e. The van der Waals surface area contributed by atoms with E-state index in [9.17, 15) is 0 Å². The van der Waals surface area contributed by atoms with Gasteiger partial charge in [-0.05, 0) is 13.3 Å². The minimum atomic E-state index is 0.163. The molecule has 9 heavy (non-hydrogen) atoms. The average molecular weight is 130 g/mol. The van der Waals surface area contributed by atoms with Crippen molar-refractivity contribution in [2.75, 3.05) is 13.7 Å². The van der Waals surface area contributed by atoms with E-state index in [1.54, 1.807) is 7.11 Å². The number of hydrogen-bond acceptors (Lipinski definition) is 2. The van der Waals surface area contributed by atoms with E-state index in [0.29, 0.717) is 6.42 Å². The third kappa shape index (κ3) is 5.53. The van der Waals surface area contributed by atoms with Crippen molar-refractivity contribution in [3.8, 4) is 0 Å². The maximum absolute atomic E-state index is 8.36. The molecule has 2 nitrogen and oxygen atoms in total. The lowest BCUT2D eigenvalue weighted by atomic mass is 10.3. The van der Waals surface area contributed by atoms with Crippen LogP contribution in [0.2, 0.25) is 0 Å². The third-order valence-electron chi connectivity index (χ3n) is 1.07. The van der Waals surface area contributed by atoms with Gasteiger partial charge in [0.25, 0.3) is 0 Å². The summed E-state index contributed by atoms with van der Waals surface area (Å²) in [4.78, 5) is 0. The molecule has 0 bridgehead atoms. The van der Waals surface area contributed by atoms with Gasteiger partial charge in [0.05, 0.1) is 6.10 Å². The van der Waals surface area contributed by atoms with Gasteiger partial charge >= 0.3 is 0 Å². The molecule has 0 aliphatic carbocycles. The molecular weight excluding hydrogens is 116 g/mol. The summed E-state index contributed by atoms with van der Waals surface area (Å²) in [6.07, 6.45) is 4.72. The second kappa shape index (κ2) is 5.79. The Kier molecular flexibility index (Phi) is 5.57. The van der Waals surface area contributed by atoms with Crippen LogP contribution in [0.15, 0.2) is 12.2 Å². The molecule has 0 aromatic carbocycles. The highest BCUT2D eigenvalue weighted by Gasteiger charge is 1.87. The number of hydrogen-bond donors (Lipinski definition) is 1. The zero-order valence-electron chi connectivity index (χ0n) is 6.00. The van der Waals surface area contributed by atoms with Crippen molar-refractivity contribution < 1.29 is 9.84 Å². The standard InChI is InChI=1S/C7H14O2/c1-7(9-2)5-3-4-6-8/h3,5,7-8H,4,6H2,1-2H3/b5-3+. The molecule has 0 aromatic rings. The van der Waals surface area contributed by atoms with Gasteiger partial charge in [-0.25, -0.2) is 0 Å². The molecule has 54 valence electrons. The van der Waals surface area contributed by atoms with E-state index in [1.165, 1.54) is 0 Å². The molecule has 0 aliphatic heterocycles. The Balaban J connectivity index is 3.20. The first-order valence-corrected chi connectivity index (χ1v) is 3.11. The quantitative estimate of drug-likeness (QED) is 0.574. The van der Waals surface area contributed by atoms with Crippen LogP contribution < -0.4 is 0 Å². The molecule has 0 amide bonds. The Morgan fingerprint density at radius 2 is 2.33 bits per heavy atom. The van der Waals surface area contributed by atoms with Crippen LogP contribution in [-0.4, -0.2) is 24.9 Å².